The van der Waals surface area contributed by atoms with Crippen LogP contribution in [0.3, 0.4) is 0 Å². The predicted molar refractivity (Wildman–Crippen MR) is 127 cm³/mol. The first-order chi connectivity index (χ1) is 15.8. The van der Waals surface area contributed by atoms with Crippen molar-refractivity contribution in [1.29, 1.82) is 0 Å². The lowest BCUT2D eigenvalue weighted by Gasteiger charge is -2.36. The van der Waals surface area contributed by atoms with Gasteiger partial charge in [0.2, 0.25) is 15.9 Å². The Bertz CT molecular complexity index is 1090. The maximum atomic E-state index is 13.5. The molecule has 2 aromatic carbocycles. The van der Waals surface area contributed by atoms with Gasteiger partial charge in [0.25, 0.3) is 0 Å². The number of carbonyl (C=O) groups is 2. The standard InChI is InChI=1S/C26H32N2O4S/c1-19(22-8-9-22)28(18-21-6-4-3-5-7-21)26(30)24-14-16-27(17-15-24)33(31,32)25-12-10-23(11-13-25)20(2)29/h3-7,10-13,19,22,24H,8-9,14-18H2,1-2H3. The van der Waals surface area contributed by atoms with Crippen LogP contribution in [-0.2, 0) is 21.4 Å². The molecule has 2 fully saturated rings. The summed E-state index contributed by atoms with van der Waals surface area (Å²) in [6.07, 6.45) is 3.37. The Morgan fingerprint density at radius 1 is 0.970 bits per heavy atom. The van der Waals surface area contributed by atoms with Crippen molar-refractivity contribution < 1.29 is 18.0 Å². The van der Waals surface area contributed by atoms with E-state index in [0.717, 1.165) is 5.56 Å². The van der Waals surface area contributed by atoms with Gasteiger partial charge in [-0.1, -0.05) is 42.5 Å². The molecule has 1 saturated carbocycles. The van der Waals surface area contributed by atoms with Crippen molar-refractivity contribution in [3.05, 3.63) is 65.7 Å². The zero-order valence-electron chi connectivity index (χ0n) is 19.3. The van der Waals surface area contributed by atoms with Gasteiger partial charge in [0.15, 0.2) is 5.78 Å². The minimum atomic E-state index is -3.65. The molecule has 0 bridgehead atoms. The zero-order valence-corrected chi connectivity index (χ0v) is 20.1. The molecule has 1 aliphatic carbocycles. The summed E-state index contributed by atoms with van der Waals surface area (Å²) >= 11 is 0. The monoisotopic (exact) mass is 468 g/mol. The molecule has 1 amide bonds. The number of hydrogen-bond donors (Lipinski definition) is 0. The third kappa shape index (κ3) is 5.36. The highest BCUT2D eigenvalue weighted by atomic mass is 32.2. The molecule has 1 saturated heterocycles. The van der Waals surface area contributed by atoms with Gasteiger partial charge in [0.05, 0.1) is 4.90 Å². The van der Waals surface area contributed by atoms with Crippen LogP contribution in [0.25, 0.3) is 0 Å². The first kappa shape index (κ1) is 23.6. The molecule has 1 heterocycles. The number of rotatable bonds is 8. The Morgan fingerprint density at radius 3 is 2.12 bits per heavy atom. The summed E-state index contributed by atoms with van der Waals surface area (Å²) in [5.74, 6) is 0.442. The highest BCUT2D eigenvalue weighted by Crippen LogP contribution is 2.37. The van der Waals surface area contributed by atoms with E-state index in [1.54, 1.807) is 12.1 Å². The number of hydrogen-bond acceptors (Lipinski definition) is 4. The maximum absolute atomic E-state index is 13.5. The van der Waals surface area contributed by atoms with Crippen molar-refractivity contribution in [3.8, 4) is 0 Å². The summed E-state index contributed by atoms with van der Waals surface area (Å²) in [5, 5.41) is 0. The molecule has 33 heavy (non-hydrogen) atoms. The van der Waals surface area contributed by atoms with Crippen LogP contribution in [0, 0.1) is 11.8 Å². The maximum Gasteiger partial charge on any atom is 0.243 e. The van der Waals surface area contributed by atoms with Gasteiger partial charge in [0, 0.05) is 37.2 Å². The molecular weight excluding hydrogens is 436 g/mol. The van der Waals surface area contributed by atoms with Crippen LogP contribution in [0.4, 0.5) is 0 Å². The largest absolute Gasteiger partial charge is 0.335 e. The van der Waals surface area contributed by atoms with Gasteiger partial charge in [-0.15, -0.1) is 0 Å². The van der Waals surface area contributed by atoms with E-state index in [9.17, 15) is 18.0 Å². The molecule has 1 aliphatic heterocycles. The van der Waals surface area contributed by atoms with E-state index in [-0.39, 0.29) is 28.5 Å². The number of nitrogens with zero attached hydrogens (tertiary/aromatic N) is 2. The van der Waals surface area contributed by atoms with Gasteiger partial charge >= 0.3 is 0 Å². The van der Waals surface area contributed by atoms with E-state index in [1.165, 1.54) is 36.2 Å². The van der Waals surface area contributed by atoms with E-state index in [2.05, 4.69) is 6.92 Å². The SMILES string of the molecule is CC(=O)c1ccc(S(=O)(=O)N2CCC(C(=O)N(Cc3ccccc3)C(C)C3CC3)CC2)cc1. The smallest absolute Gasteiger partial charge is 0.243 e. The molecule has 176 valence electrons. The molecule has 0 aromatic heterocycles. The minimum absolute atomic E-state index is 0.0984. The van der Waals surface area contributed by atoms with Gasteiger partial charge in [-0.2, -0.15) is 4.31 Å². The van der Waals surface area contributed by atoms with Gasteiger partial charge in [-0.3, -0.25) is 9.59 Å². The topological polar surface area (TPSA) is 74.8 Å². The van der Waals surface area contributed by atoms with Gasteiger partial charge < -0.3 is 4.90 Å². The Kier molecular flexibility index (Phi) is 7.00. The van der Waals surface area contributed by atoms with E-state index in [4.69, 9.17) is 0 Å². The number of ketones is 1. The van der Waals surface area contributed by atoms with E-state index >= 15 is 0 Å². The van der Waals surface area contributed by atoms with Crippen molar-refractivity contribution in [2.75, 3.05) is 13.1 Å². The molecule has 0 spiro atoms. The van der Waals surface area contributed by atoms with Gasteiger partial charge in [-0.05, 0) is 63.1 Å². The zero-order chi connectivity index (χ0) is 23.6. The summed E-state index contributed by atoms with van der Waals surface area (Å²) in [6, 6.07) is 16.3. The average Bonchev–Trinajstić information content (AvgIpc) is 3.68. The van der Waals surface area contributed by atoms with Crippen LogP contribution in [0.1, 0.15) is 55.5 Å². The van der Waals surface area contributed by atoms with Crippen molar-refractivity contribution in [1.82, 2.24) is 9.21 Å². The summed E-state index contributed by atoms with van der Waals surface area (Å²) in [5.41, 5.74) is 1.61. The Morgan fingerprint density at radius 2 is 1.58 bits per heavy atom. The summed E-state index contributed by atoms with van der Waals surface area (Å²) in [4.78, 5) is 27.2. The Hall–Kier alpha value is -2.51. The number of sulfonamides is 1. The molecule has 4 rings (SSSR count). The molecule has 1 atom stereocenters. The molecule has 2 aromatic rings. The molecule has 0 N–H and O–H groups in total. The van der Waals surface area contributed by atoms with Crippen molar-refractivity contribution in [2.45, 2.75) is 57.0 Å². The lowest BCUT2D eigenvalue weighted by atomic mass is 9.95. The highest BCUT2D eigenvalue weighted by Gasteiger charge is 2.38. The summed E-state index contributed by atoms with van der Waals surface area (Å²) < 4.78 is 27.6. The first-order valence-corrected chi connectivity index (χ1v) is 13.2. The summed E-state index contributed by atoms with van der Waals surface area (Å²) in [7, 11) is -3.65. The highest BCUT2D eigenvalue weighted by molar-refractivity contribution is 7.89. The van der Waals surface area contributed by atoms with Crippen LogP contribution < -0.4 is 0 Å². The van der Waals surface area contributed by atoms with E-state index in [0.29, 0.717) is 44.0 Å². The van der Waals surface area contributed by atoms with Gasteiger partial charge in [0.1, 0.15) is 0 Å². The fraction of sp³-hybridized carbons (Fsp3) is 0.462. The molecule has 1 unspecified atom stereocenters. The average molecular weight is 469 g/mol. The normalized spacial score (nSPS) is 18.6. The molecule has 0 radical (unpaired) electrons. The fourth-order valence-electron chi connectivity index (χ4n) is 4.62. The second kappa shape index (κ2) is 9.77. The molecular formula is C26H32N2O4S. The number of piperidine rings is 1. The second-order valence-corrected chi connectivity index (χ2v) is 11.2. The van der Waals surface area contributed by atoms with Crippen LogP contribution in [-0.4, -0.2) is 48.4 Å². The van der Waals surface area contributed by atoms with Gasteiger partial charge in [-0.25, -0.2) is 8.42 Å². The number of amides is 1. The first-order valence-electron chi connectivity index (χ1n) is 11.7. The number of Topliss-reactive ketones (excluding diaryl/α,β-unsaturated/α-hetero) is 1. The lowest BCUT2D eigenvalue weighted by Crippen LogP contribution is -2.47. The quantitative estimate of drug-likeness (QED) is 0.546. The number of carbonyl (C=O) groups excluding carboxylic acids is 2. The van der Waals surface area contributed by atoms with Crippen molar-refractivity contribution in [2.24, 2.45) is 11.8 Å². The second-order valence-electron chi connectivity index (χ2n) is 9.29. The van der Waals surface area contributed by atoms with Crippen LogP contribution in [0.15, 0.2) is 59.5 Å². The molecule has 6 nitrogen and oxygen atoms in total. The van der Waals surface area contributed by atoms with Crippen LogP contribution in [0.2, 0.25) is 0 Å². The van der Waals surface area contributed by atoms with E-state index in [1.807, 2.05) is 35.2 Å². The number of benzene rings is 2. The predicted octanol–water partition coefficient (Wildman–Crippen LogP) is 4.12. The van der Waals surface area contributed by atoms with Crippen molar-refractivity contribution >= 4 is 21.7 Å². The lowest BCUT2D eigenvalue weighted by molar-refractivity contribution is -0.140. The fourth-order valence-corrected chi connectivity index (χ4v) is 6.09. The Labute approximate surface area is 196 Å². The Balaban J connectivity index is 1.43. The molecule has 7 heteroatoms. The van der Waals surface area contributed by atoms with Crippen molar-refractivity contribution in [3.63, 3.8) is 0 Å². The third-order valence-corrected chi connectivity index (χ3v) is 8.89. The third-order valence-electron chi connectivity index (χ3n) is 6.98. The molecule has 2 aliphatic rings. The summed E-state index contributed by atoms with van der Waals surface area (Å²) in [6.45, 7) is 4.84. The van der Waals surface area contributed by atoms with E-state index < -0.39 is 10.0 Å². The van der Waals surface area contributed by atoms with Crippen LogP contribution in [0.5, 0.6) is 0 Å². The van der Waals surface area contributed by atoms with Crippen LogP contribution >= 0.6 is 0 Å². The minimum Gasteiger partial charge on any atom is -0.335 e.